The number of thiazole rings is 1. The third kappa shape index (κ3) is 10.6. The fraction of sp³-hybridized carbons (Fsp3) is 0.404. The number of unbranched alkanes of at least 4 members (excludes halogenated alkanes) is 4. The second kappa shape index (κ2) is 21.1. The van der Waals surface area contributed by atoms with E-state index in [2.05, 4.69) is 27.1 Å². The first-order valence-electron chi connectivity index (χ1n) is 20.7. The minimum absolute atomic E-state index is 0.520. The van der Waals surface area contributed by atoms with Gasteiger partial charge in [-0.2, -0.15) is 0 Å². The molecule has 4 aromatic carbocycles. The van der Waals surface area contributed by atoms with Crippen LogP contribution < -0.4 is 33.2 Å². The number of rotatable bonds is 22. The summed E-state index contributed by atoms with van der Waals surface area (Å²) >= 11 is 1.69. The van der Waals surface area contributed by atoms with Crippen molar-refractivity contribution in [2.24, 2.45) is 0 Å². The van der Waals surface area contributed by atoms with Crippen LogP contribution in [0.15, 0.2) is 83.4 Å². The summed E-state index contributed by atoms with van der Waals surface area (Å²) < 4.78 is 47.1. The third-order valence-corrected chi connectivity index (χ3v) is 11.9. The zero-order chi connectivity index (χ0) is 41.7. The van der Waals surface area contributed by atoms with Crippen molar-refractivity contribution in [1.82, 2.24) is 19.9 Å². The number of aromatic nitrogens is 2. The number of ether oxygens (including phenoxy) is 7. The molecule has 1 aliphatic heterocycles. The number of benzene rings is 4. The lowest BCUT2D eigenvalue weighted by atomic mass is 10.1. The number of fused-ring (bicyclic) bond motifs is 1. The standard InChI is InChI=1S/C47H56N4O8S/c1-52-38-18-16-33(40-32-37(49-59-40)35-30-43(54-3)46(56-5)44(31-35)55-4)28-42(38)58-27-13-7-11-21-51-24-22-50(23-25-51)20-10-6-12-26-57-39-19-17-34(29-41(39)53-2)47-48-36-14-8-9-15-45(36)60-47/h8-9,14-19,28-32H,6-7,10-13,20-27H2,1-5H3. The monoisotopic (exact) mass is 836 g/mol. The van der Waals surface area contributed by atoms with Crippen LogP contribution in [0.25, 0.3) is 43.4 Å². The van der Waals surface area contributed by atoms with E-state index in [4.69, 9.17) is 42.7 Å². The van der Waals surface area contributed by atoms with Crippen molar-refractivity contribution in [3.05, 3.63) is 78.9 Å². The summed E-state index contributed by atoms with van der Waals surface area (Å²) in [6.45, 7) is 8.05. The van der Waals surface area contributed by atoms with Crippen LogP contribution in [0.1, 0.15) is 38.5 Å². The lowest BCUT2D eigenvalue weighted by molar-refractivity contribution is 0.128. The van der Waals surface area contributed by atoms with Gasteiger partial charge in [-0.15, -0.1) is 11.3 Å². The maximum Gasteiger partial charge on any atom is 0.203 e. The van der Waals surface area contributed by atoms with Crippen molar-refractivity contribution in [1.29, 1.82) is 0 Å². The van der Waals surface area contributed by atoms with Crippen LogP contribution in [-0.2, 0) is 0 Å². The van der Waals surface area contributed by atoms with Crippen LogP contribution in [-0.4, -0.2) is 108 Å². The highest BCUT2D eigenvalue weighted by atomic mass is 32.1. The molecule has 0 bridgehead atoms. The van der Waals surface area contributed by atoms with Crippen molar-refractivity contribution in [3.63, 3.8) is 0 Å². The topological polar surface area (TPSA) is 110 Å². The summed E-state index contributed by atoms with van der Waals surface area (Å²) in [6, 6.07) is 25.7. The van der Waals surface area contributed by atoms with E-state index in [-0.39, 0.29) is 0 Å². The molecule has 3 heterocycles. The Bertz CT molecular complexity index is 2230. The molecule has 0 amide bonds. The van der Waals surface area contributed by atoms with Gasteiger partial charge in [-0.05, 0) is 112 Å². The van der Waals surface area contributed by atoms with Gasteiger partial charge in [-0.3, -0.25) is 0 Å². The van der Waals surface area contributed by atoms with Crippen LogP contribution in [0.5, 0.6) is 40.2 Å². The Kier molecular flexibility index (Phi) is 15.0. The minimum atomic E-state index is 0.520. The smallest absolute Gasteiger partial charge is 0.203 e. The van der Waals surface area contributed by atoms with Gasteiger partial charge in [-0.25, -0.2) is 4.98 Å². The number of para-hydroxylation sites is 1. The quantitative estimate of drug-likeness (QED) is 0.0608. The van der Waals surface area contributed by atoms with Crippen molar-refractivity contribution in [3.8, 4) is 73.4 Å². The molecule has 7 rings (SSSR count). The van der Waals surface area contributed by atoms with E-state index in [9.17, 15) is 0 Å². The molecular formula is C47H56N4O8S. The van der Waals surface area contributed by atoms with Gasteiger partial charge in [0.2, 0.25) is 5.75 Å². The Morgan fingerprint density at radius 3 is 1.77 bits per heavy atom. The molecule has 1 aliphatic rings. The Hall–Kier alpha value is -5.50. The van der Waals surface area contributed by atoms with Crippen LogP contribution >= 0.6 is 11.3 Å². The molecule has 1 fully saturated rings. The summed E-state index contributed by atoms with van der Waals surface area (Å²) in [5, 5.41) is 5.30. The molecule has 2 aromatic heterocycles. The number of methoxy groups -OCH3 is 5. The largest absolute Gasteiger partial charge is 0.493 e. The molecule has 0 unspecified atom stereocenters. The van der Waals surface area contributed by atoms with Crippen LogP contribution in [0.3, 0.4) is 0 Å². The van der Waals surface area contributed by atoms with Gasteiger partial charge >= 0.3 is 0 Å². The zero-order valence-corrected chi connectivity index (χ0v) is 36.2. The van der Waals surface area contributed by atoms with E-state index in [0.29, 0.717) is 53.4 Å². The molecule has 0 atom stereocenters. The molecular weight excluding hydrogens is 781 g/mol. The Labute approximate surface area is 356 Å². The number of piperazine rings is 1. The average molecular weight is 837 g/mol. The summed E-state index contributed by atoms with van der Waals surface area (Å²) in [4.78, 5) is 9.98. The summed E-state index contributed by atoms with van der Waals surface area (Å²) in [7, 11) is 8.10. The predicted molar refractivity (Wildman–Crippen MR) is 237 cm³/mol. The molecule has 0 saturated carbocycles. The van der Waals surface area contributed by atoms with E-state index in [1.165, 1.54) is 11.1 Å². The van der Waals surface area contributed by atoms with Gasteiger partial charge in [0.15, 0.2) is 40.3 Å². The maximum atomic E-state index is 6.23. The number of hydrogen-bond donors (Lipinski definition) is 0. The van der Waals surface area contributed by atoms with Crippen molar-refractivity contribution in [2.45, 2.75) is 38.5 Å². The zero-order valence-electron chi connectivity index (χ0n) is 35.4. The Balaban J connectivity index is 0.768. The van der Waals surface area contributed by atoms with Gasteiger partial charge in [0, 0.05) is 48.9 Å². The van der Waals surface area contributed by atoms with Crippen molar-refractivity contribution in [2.75, 3.05) is 88.0 Å². The summed E-state index contributed by atoms with van der Waals surface area (Å²) in [6.07, 6.45) is 6.56. The fourth-order valence-corrected chi connectivity index (χ4v) is 8.43. The van der Waals surface area contributed by atoms with E-state index < -0.39 is 0 Å². The van der Waals surface area contributed by atoms with Gasteiger partial charge in [0.25, 0.3) is 0 Å². The van der Waals surface area contributed by atoms with Gasteiger partial charge in [-0.1, -0.05) is 17.3 Å². The van der Waals surface area contributed by atoms with Crippen molar-refractivity contribution < 1.29 is 37.7 Å². The molecule has 12 nitrogen and oxygen atoms in total. The highest BCUT2D eigenvalue weighted by Crippen LogP contribution is 2.42. The predicted octanol–water partition coefficient (Wildman–Crippen LogP) is 9.74. The fourth-order valence-electron chi connectivity index (χ4n) is 7.46. The third-order valence-electron chi connectivity index (χ3n) is 10.8. The average Bonchev–Trinajstić information content (AvgIpc) is 3.97. The van der Waals surface area contributed by atoms with Gasteiger partial charge < -0.3 is 47.5 Å². The number of hydrogen-bond acceptors (Lipinski definition) is 13. The minimum Gasteiger partial charge on any atom is -0.493 e. The Morgan fingerprint density at radius 1 is 0.550 bits per heavy atom. The molecule has 0 aliphatic carbocycles. The van der Waals surface area contributed by atoms with Crippen molar-refractivity contribution >= 4 is 21.6 Å². The molecule has 13 heteroatoms. The van der Waals surface area contributed by atoms with Crippen LogP contribution in [0.4, 0.5) is 0 Å². The van der Waals surface area contributed by atoms with Gasteiger partial charge in [0.05, 0.1) is 59.0 Å². The van der Waals surface area contributed by atoms with E-state index in [1.807, 2.05) is 66.7 Å². The summed E-state index contributed by atoms with van der Waals surface area (Å²) in [5.74, 6) is 5.10. The normalized spacial score (nSPS) is 13.3. The van der Waals surface area contributed by atoms with E-state index in [1.54, 1.807) is 46.9 Å². The maximum absolute atomic E-state index is 6.23. The SMILES string of the molecule is COc1cc(-c2nc3ccccc3s2)ccc1OCCCCCN1CCN(CCCCCOc2cc(-c3cc(-c4cc(OC)c(OC)c(OC)c4)no3)ccc2OC)CC1. The first kappa shape index (κ1) is 42.6. The lowest BCUT2D eigenvalue weighted by Gasteiger charge is -2.34. The molecule has 0 radical (unpaired) electrons. The second-order valence-corrected chi connectivity index (χ2v) is 15.7. The van der Waals surface area contributed by atoms with Gasteiger partial charge in [0.1, 0.15) is 10.7 Å². The van der Waals surface area contributed by atoms with E-state index in [0.717, 1.165) is 110 Å². The molecule has 318 valence electrons. The molecule has 1 saturated heterocycles. The van der Waals surface area contributed by atoms with E-state index >= 15 is 0 Å². The molecule has 0 spiro atoms. The van der Waals surface area contributed by atoms with Crippen LogP contribution in [0, 0.1) is 0 Å². The van der Waals surface area contributed by atoms with Crippen LogP contribution in [0.2, 0.25) is 0 Å². The molecule has 0 N–H and O–H groups in total. The highest BCUT2D eigenvalue weighted by molar-refractivity contribution is 7.21. The molecule has 60 heavy (non-hydrogen) atoms. The first-order chi connectivity index (χ1) is 29.5. The number of nitrogens with zero attached hydrogens (tertiary/aromatic N) is 4. The highest BCUT2D eigenvalue weighted by Gasteiger charge is 2.19. The lowest BCUT2D eigenvalue weighted by Crippen LogP contribution is -2.46. The first-order valence-corrected chi connectivity index (χ1v) is 21.5. The summed E-state index contributed by atoms with van der Waals surface area (Å²) in [5.41, 5.74) is 4.32. The Morgan fingerprint density at radius 2 is 1.13 bits per heavy atom. The second-order valence-electron chi connectivity index (χ2n) is 14.7. The molecule has 6 aromatic rings.